The summed E-state index contributed by atoms with van der Waals surface area (Å²) in [5.41, 5.74) is 0.0115. The lowest BCUT2D eigenvalue weighted by Crippen LogP contribution is -2.50. The second kappa shape index (κ2) is 6.36. The van der Waals surface area contributed by atoms with Gasteiger partial charge in [-0.05, 0) is 45.0 Å². The molecule has 11 heteroatoms. The number of ether oxygens (including phenoxy) is 1. The van der Waals surface area contributed by atoms with E-state index in [-0.39, 0.29) is 29.8 Å². The zero-order chi connectivity index (χ0) is 20.1. The Kier molecular flexibility index (Phi) is 4.09. The van der Waals surface area contributed by atoms with Gasteiger partial charge in [-0.15, -0.1) is 15.3 Å². The number of fused-ring (bicyclic) bond motifs is 2. The Hall–Kier alpha value is -3.37. The summed E-state index contributed by atoms with van der Waals surface area (Å²) >= 11 is 0. The van der Waals surface area contributed by atoms with E-state index in [1.54, 1.807) is 17.0 Å². The molecular formula is C17H20N8O3. The SMILES string of the molecule is CC(Cn1ncnn1)n1nnc2cc3c(cc2c1=O)OCN(C(C)(C)C)C3=O. The topological polar surface area (TPSA) is 121 Å². The van der Waals surface area contributed by atoms with Crippen LogP contribution in [0.25, 0.3) is 10.9 Å². The van der Waals surface area contributed by atoms with Crippen LogP contribution < -0.4 is 10.3 Å². The highest BCUT2D eigenvalue weighted by Crippen LogP contribution is 2.31. The summed E-state index contributed by atoms with van der Waals surface area (Å²) in [4.78, 5) is 28.8. The Labute approximate surface area is 159 Å². The van der Waals surface area contributed by atoms with Crippen molar-refractivity contribution in [2.75, 3.05) is 6.73 Å². The van der Waals surface area contributed by atoms with Gasteiger partial charge in [-0.2, -0.15) is 4.80 Å². The van der Waals surface area contributed by atoms with Gasteiger partial charge in [-0.1, -0.05) is 5.21 Å². The largest absolute Gasteiger partial charge is 0.472 e. The molecule has 1 amide bonds. The smallest absolute Gasteiger partial charge is 0.278 e. The Morgan fingerprint density at radius 1 is 1.21 bits per heavy atom. The highest BCUT2D eigenvalue weighted by molar-refractivity contribution is 6.01. The summed E-state index contributed by atoms with van der Waals surface area (Å²) < 4.78 is 7.03. The first-order valence-corrected chi connectivity index (χ1v) is 8.84. The van der Waals surface area contributed by atoms with Gasteiger partial charge in [0.05, 0.1) is 23.5 Å². The molecule has 0 spiro atoms. The number of rotatable bonds is 3. The minimum atomic E-state index is -0.385. The predicted octanol–water partition coefficient (Wildman–Crippen LogP) is 0.630. The van der Waals surface area contributed by atoms with Gasteiger partial charge in [0, 0.05) is 5.54 Å². The van der Waals surface area contributed by atoms with Crippen LogP contribution in [0.5, 0.6) is 5.75 Å². The van der Waals surface area contributed by atoms with Crippen LogP contribution in [0.1, 0.15) is 44.1 Å². The maximum absolute atomic E-state index is 12.9. The van der Waals surface area contributed by atoms with E-state index in [4.69, 9.17) is 4.74 Å². The van der Waals surface area contributed by atoms with Crippen LogP contribution in [0.2, 0.25) is 0 Å². The molecule has 11 nitrogen and oxygen atoms in total. The van der Waals surface area contributed by atoms with E-state index < -0.39 is 0 Å². The molecule has 0 N–H and O–H groups in total. The normalized spacial score (nSPS) is 15.4. The molecule has 4 rings (SSSR count). The van der Waals surface area contributed by atoms with Gasteiger partial charge in [0.1, 0.15) is 11.3 Å². The number of nitrogens with zero attached hydrogens (tertiary/aromatic N) is 8. The van der Waals surface area contributed by atoms with Crippen molar-refractivity contribution in [3.8, 4) is 5.75 Å². The maximum Gasteiger partial charge on any atom is 0.278 e. The number of tetrazole rings is 1. The van der Waals surface area contributed by atoms with Gasteiger partial charge in [0.25, 0.3) is 11.5 Å². The first kappa shape index (κ1) is 18.0. The molecule has 3 heterocycles. The highest BCUT2D eigenvalue weighted by Gasteiger charge is 2.34. The third-order valence-electron chi connectivity index (χ3n) is 4.66. The van der Waals surface area contributed by atoms with Crippen molar-refractivity contribution in [2.45, 2.75) is 45.8 Å². The molecule has 2 aromatic heterocycles. The predicted molar refractivity (Wildman–Crippen MR) is 97.7 cm³/mol. The van der Waals surface area contributed by atoms with Crippen molar-refractivity contribution in [1.29, 1.82) is 0 Å². The zero-order valence-corrected chi connectivity index (χ0v) is 16.0. The number of hydrogen-bond acceptors (Lipinski definition) is 8. The van der Waals surface area contributed by atoms with Crippen LogP contribution in [0.15, 0.2) is 23.3 Å². The molecule has 1 aromatic carbocycles. The van der Waals surface area contributed by atoms with E-state index in [1.165, 1.54) is 15.8 Å². The molecule has 1 aliphatic rings. The second-order valence-electron chi connectivity index (χ2n) is 7.72. The molecule has 28 heavy (non-hydrogen) atoms. The monoisotopic (exact) mass is 384 g/mol. The summed E-state index contributed by atoms with van der Waals surface area (Å²) in [5, 5.41) is 19.9. The number of carbonyl (C=O) groups excluding carboxylic acids is 1. The lowest BCUT2D eigenvalue weighted by molar-refractivity contribution is 0.0232. The van der Waals surface area contributed by atoms with Crippen molar-refractivity contribution in [3.05, 3.63) is 34.4 Å². The van der Waals surface area contributed by atoms with Gasteiger partial charge in [0.15, 0.2) is 13.1 Å². The summed E-state index contributed by atoms with van der Waals surface area (Å²) in [5.74, 6) is 0.215. The van der Waals surface area contributed by atoms with Crippen LogP contribution in [0.4, 0.5) is 0 Å². The molecule has 146 valence electrons. The fourth-order valence-electron chi connectivity index (χ4n) is 3.08. The summed E-state index contributed by atoms with van der Waals surface area (Å²) in [6, 6.07) is 2.79. The number of carbonyl (C=O) groups is 1. The van der Waals surface area contributed by atoms with Crippen molar-refractivity contribution in [2.24, 2.45) is 0 Å². The minimum Gasteiger partial charge on any atom is -0.472 e. The van der Waals surface area contributed by atoms with Crippen molar-refractivity contribution in [3.63, 3.8) is 0 Å². The van der Waals surface area contributed by atoms with Crippen molar-refractivity contribution >= 4 is 16.8 Å². The molecule has 3 aromatic rings. The van der Waals surface area contributed by atoms with Gasteiger partial charge < -0.3 is 9.64 Å². The molecule has 1 atom stereocenters. The summed E-state index contributed by atoms with van der Waals surface area (Å²) in [6.07, 6.45) is 1.32. The average Bonchev–Trinajstić information content (AvgIpc) is 3.13. The number of aromatic nitrogens is 7. The lowest BCUT2D eigenvalue weighted by atomic mass is 10.0. The van der Waals surface area contributed by atoms with Crippen LogP contribution in [-0.4, -0.2) is 58.3 Å². The van der Waals surface area contributed by atoms with E-state index in [9.17, 15) is 9.59 Å². The molecule has 0 aliphatic carbocycles. The average molecular weight is 384 g/mol. The first-order valence-electron chi connectivity index (χ1n) is 8.84. The van der Waals surface area contributed by atoms with Crippen molar-refractivity contribution < 1.29 is 9.53 Å². The van der Waals surface area contributed by atoms with Crippen LogP contribution in [0, 0.1) is 0 Å². The summed E-state index contributed by atoms with van der Waals surface area (Å²) in [7, 11) is 0. The Bertz CT molecular complexity index is 1100. The molecule has 0 saturated carbocycles. The van der Waals surface area contributed by atoms with Gasteiger partial charge >= 0.3 is 0 Å². The highest BCUT2D eigenvalue weighted by atomic mass is 16.5. The number of hydrogen-bond donors (Lipinski definition) is 0. The molecule has 1 aliphatic heterocycles. The minimum absolute atomic E-state index is 0.127. The lowest BCUT2D eigenvalue weighted by Gasteiger charge is -2.38. The zero-order valence-electron chi connectivity index (χ0n) is 16.0. The van der Waals surface area contributed by atoms with Gasteiger partial charge in [0.2, 0.25) is 0 Å². The van der Waals surface area contributed by atoms with E-state index in [0.717, 1.165) is 0 Å². The van der Waals surface area contributed by atoms with E-state index in [2.05, 4.69) is 25.7 Å². The van der Waals surface area contributed by atoms with Crippen LogP contribution >= 0.6 is 0 Å². The second-order valence-corrected chi connectivity index (χ2v) is 7.72. The third-order valence-corrected chi connectivity index (χ3v) is 4.66. The maximum atomic E-state index is 12.9. The quantitative estimate of drug-likeness (QED) is 0.645. The van der Waals surface area contributed by atoms with Crippen LogP contribution in [-0.2, 0) is 6.54 Å². The molecular weight excluding hydrogens is 364 g/mol. The molecule has 0 bridgehead atoms. The molecule has 0 saturated heterocycles. The molecule has 1 unspecified atom stereocenters. The number of benzene rings is 1. The van der Waals surface area contributed by atoms with Crippen LogP contribution in [0.3, 0.4) is 0 Å². The first-order chi connectivity index (χ1) is 13.3. The fourth-order valence-corrected chi connectivity index (χ4v) is 3.08. The van der Waals surface area contributed by atoms with Crippen molar-refractivity contribution in [1.82, 2.24) is 40.1 Å². The fraction of sp³-hybridized carbons (Fsp3) is 0.471. The molecule has 0 radical (unpaired) electrons. The van der Waals surface area contributed by atoms with E-state index in [1.807, 2.05) is 27.7 Å². The standard InChI is InChI=1S/C17H20N8O3/c1-10(7-24-19-8-18-21-24)25-16(27)11-6-14-12(5-13(11)20-22-25)15(26)23(9-28-14)17(2,3)4/h5-6,8,10H,7,9H2,1-4H3. The Morgan fingerprint density at radius 3 is 2.68 bits per heavy atom. The van der Waals surface area contributed by atoms with Gasteiger partial charge in [-0.3, -0.25) is 9.59 Å². The van der Waals surface area contributed by atoms with E-state index in [0.29, 0.717) is 28.8 Å². The Morgan fingerprint density at radius 2 is 2.00 bits per heavy atom. The molecule has 0 fully saturated rings. The summed E-state index contributed by atoms with van der Waals surface area (Å²) in [6.45, 7) is 8.06. The van der Waals surface area contributed by atoms with Gasteiger partial charge in [-0.25, -0.2) is 4.68 Å². The third kappa shape index (κ3) is 2.98. The number of amides is 1. The van der Waals surface area contributed by atoms with E-state index >= 15 is 0 Å². The Balaban J connectivity index is 1.74.